The highest BCUT2D eigenvalue weighted by atomic mass is 32.1. The van der Waals surface area contributed by atoms with Crippen molar-refractivity contribution in [1.82, 2.24) is 30.0 Å². The molecule has 2 aromatic carbocycles. The first-order valence-electron chi connectivity index (χ1n) is 10.8. The molecule has 0 radical (unpaired) electrons. The van der Waals surface area contributed by atoms with Crippen LogP contribution >= 0.6 is 11.3 Å². The molecule has 0 aliphatic carbocycles. The minimum Gasteiger partial charge on any atom is -0.297 e. The molecule has 0 saturated carbocycles. The van der Waals surface area contributed by atoms with Crippen LogP contribution in [0, 0.1) is 5.82 Å². The number of benzene rings is 2. The zero-order chi connectivity index (χ0) is 21.8. The Bertz CT molecular complexity index is 1120. The van der Waals surface area contributed by atoms with Gasteiger partial charge in [-0.25, -0.2) is 9.07 Å². The van der Waals surface area contributed by atoms with Gasteiger partial charge in [-0.3, -0.25) is 9.80 Å². The predicted molar refractivity (Wildman–Crippen MR) is 123 cm³/mol. The normalized spacial score (nSPS) is 16.3. The average molecular weight is 449 g/mol. The fourth-order valence-electron chi connectivity index (χ4n) is 4.29. The number of rotatable bonds is 7. The Kier molecular flexibility index (Phi) is 6.34. The second-order valence-electron chi connectivity index (χ2n) is 8.00. The summed E-state index contributed by atoms with van der Waals surface area (Å²) in [6.07, 6.45) is 0. The molecule has 164 valence electrons. The number of aromatic nitrogens is 4. The number of nitrogens with zero attached hydrogens (tertiary/aromatic N) is 6. The zero-order valence-electron chi connectivity index (χ0n) is 17.7. The highest BCUT2D eigenvalue weighted by molar-refractivity contribution is 7.09. The van der Waals surface area contributed by atoms with Gasteiger partial charge in [-0.05, 0) is 33.5 Å². The van der Waals surface area contributed by atoms with Crippen molar-refractivity contribution < 1.29 is 4.39 Å². The summed E-state index contributed by atoms with van der Waals surface area (Å²) < 4.78 is 16.8. The van der Waals surface area contributed by atoms with E-state index in [9.17, 15) is 4.39 Å². The number of hydrogen-bond acceptors (Lipinski definition) is 6. The van der Waals surface area contributed by atoms with Gasteiger partial charge < -0.3 is 0 Å². The molecular weight excluding hydrogens is 423 g/mol. The molecular formula is C24H25FN6S. The highest BCUT2D eigenvalue weighted by Crippen LogP contribution is 2.30. The molecule has 3 heterocycles. The second kappa shape index (κ2) is 9.68. The van der Waals surface area contributed by atoms with Crippen LogP contribution in [0.15, 0.2) is 72.1 Å². The van der Waals surface area contributed by atoms with E-state index in [1.165, 1.54) is 16.5 Å². The number of halogens is 1. The van der Waals surface area contributed by atoms with Crippen molar-refractivity contribution in [3.63, 3.8) is 0 Å². The first-order chi connectivity index (χ1) is 15.8. The standard InChI is InChI=1S/C24H25FN6S/c25-22-11-5-4-10-21(22)23(24-26-27-28-31(24)18-20-9-6-16-32-20)30-14-12-29(13-15-30)17-19-7-2-1-3-8-19/h1-11,16,23H,12-15,17-18H2/t23-/m0/s1. The summed E-state index contributed by atoms with van der Waals surface area (Å²) >= 11 is 1.67. The molecule has 1 aliphatic heterocycles. The first-order valence-corrected chi connectivity index (χ1v) is 11.7. The molecule has 0 amide bonds. The lowest BCUT2D eigenvalue weighted by molar-refractivity contribution is 0.0990. The molecule has 8 heteroatoms. The van der Waals surface area contributed by atoms with E-state index < -0.39 is 0 Å². The van der Waals surface area contributed by atoms with Gasteiger partial charge in [0.1, 0.15) is 11.9 Å². The fourth-order valence-corrected chi connectivity index (χ4v) is 4.97. The molecule has 0 bridgehead atoms. The van der Waals surface area contributed by atoms with E-state index in [1.807, 2.05) is 29.6 Å². The third kappa shape index (κ3) is 4.62. The van der Waals surface area contributed by atoms with Crippen LogP contribution in [0.3, 0.4) is 0 Å². The van der Waals surface area contributed by atoms with Crippen molar-refractivity contribution in [1.29, 1.82) is 0 Å². The van der Waals surface area contributed by atoms with Crippen LogP contribution in [0.25, 0.3) is 0 Å². The molecule has 2 aromatic heterocycles. The quantitative estimate of drug-likeness (QED) is 0.430. The van der Waals surface area contributed by atoms with Crippen molar-refractivity contribution in [2.45, 2.75) is 19.1 Å². The Morgan fingerprint density at radius 3 is 2.41 bits per heavy atom. The molecule has 1 aliphatic rings. The van der Waals surface area contributed by atoms with Crippen molar-refractivity contribution in [3.05, 3.63) is 99.8 Å². The largest absolute Gasteiger partial charge is 0.297 e. The van der Waals surface area contributed by atoms with Gasteiger partial charge in [-0.1, -0.05) is 54.6 Å². The first kappa shape index (κ1) is 20.9. The molecule has 0 unspecified atom stereocenters. The molecule has 5 rings (SSSR count). The van der Waals surface area contributed by atoms with Crippen LogP contribution in [-0.2, 0) is 13.1 Å². The van der Waals surface area contributed by atoms with Gasteiger partial charge in [0.15, 0.2) is 5.82 Å². The van der Waals surface area contributed by atoms with Crippen LogP contribution in [0.2, 0.25) is 0 Å². The number of hydrogen-bond donors (Lipinski definition) is 0. The fraction of sp³-hybridized carbons (Fsp3) is 0.292. The van der Waals surface area contributed by atoms with E-state index in [1.54, 1.807) is 22.1 Å². The molecule has 4 aromatic rings. The van der Waals surface area contributed by atoms with Crippen LogP contribution in [0.5, 0.6) is 0 Å². The Balaban J connectivity index is 1.39. The van der Waals surface area contributed by atoms with E-state index in [0.29, 0.717) is 17.9 Å². The van der Waals surface area contributed by atoms with Crippen LogP contribution in [0.1, 0.15) is 27.9 Å². The van der Waals surface area contributed by atoms with Crippen molar-refractivity contribution in [2.24, 2.45) is 0 Å². The summed E-state index contributed by atoms with van der Waals surface area (Å²) in [5.74, 6) is 0.454. The molecule has 0 spiro atoms. The van der Waals surface area contributed by atoms with E-state index in [-0.39, 0.29) is 11.9 Å². The summed E-state index contributed by atoms with van der Waals surface area (Å²) in [6, 6.07) is 21.2. The minimum absolute atomic E-state index is 0.227. The third-order valence-electron chi connectivity index (χ3n) is 5.91. The Morgan fingerprint density at radius 1 is 0.875 bits per heavy atom. The van der Waals surface area contributed by atoms with Crippen LogP contribution in [-0.4, -0.2) is 56.2 Å². The summed E-state index contributed by atoms with van der Waals surface area (Å²) in [6.45, 7) is 4.96. The lowest BCUT2D eigenvalue weighted by Crippen LogP contribution is -2.48. The van der Waals surface area contributed by atoms with Crippen LogP contribution in [0.4, 0.5) is 4.39 Å². The van der Waals surface area contributed by atoms with Crippen LogP contribution < -0.4 is 0 Å². The number of thiophene rings is 1. The minimum atomic E-state index is -0.329. The molecule has 6 nitrogen and oxygen atoms in total. The van der Waals surface area contributed by atoms with Gasteiger partial charge in [-0.15, -0.1) is 16.4 Å². The summed E-state index contributed by atoms with van der Waals surface area (Å²) in [7, 11) is 0. The third-order valence-corrected chi connectivity index (χ3v) is 6.77. The van der Waals surface area contributed by atoms with Crippen molar-refractivity contribution >= 4 is 11.3 Å². The lowest BCUT2D eigenvalue weighted by Gasteiger charge is -2.39. The van der Waals surface area contributed by atoms with Gasteiger partial charge in [0, 0.05) is 43.2 Å². The maximum absolute atomic E-state index is 14.9. The maximum atomic E-state index is 14.9. The van der Waals surface area contributed by atoms with E-state index in [4.69, 9.17) is 0 Å². The van der Waals surface area contributed by atoms with Crippen molar-refractivity contribution in [2.75, 3.05) is 26.2 Å². The van der Waals surface area contributed by atoms with Gasteiger partial charge in [0.05, 0.1) is 6.54 Å². The van der Waals surface area contributed by atoms with Gasteiger partial charge in [0.2, 0.25) is 0 Å². The zero-order valence-corrected chi connectivity index (χ0v) is 18.5. The lowest BCUT2D eigenvalue weighted by atomic mass is 10.0. The molecule has 1 fully saturated rings. The number of piperazine rings is 1. The highest BCUT2D eigenvalue weighted by Gasteiger charge is 2.32. The van der Waals surface area contributed by atoms with Gasteiger partial charge in [0.25, 0.3) is 0 Å². The monoisotopic (exact) mass is 448 g/mol. The summed E-state index contributed by atoms with van der Waals surface area (Å²) in [5.41, 5.74) is 1.93. The average Bonchev–Trinajstić information content (AvgIpc) is 3.50. The molecule has 1 atom stereocenters. The smallest absolute Gasteiger partial charge is 0.173 e. The molecule has 1 saturated heterocycles. The SMILES string of the molecule is Fc1ccccc1[C@@H](c1nnnn1Cc1cccs1)N1CCN(Cc2ccccc2)CC1. The summed E-state index contributed by atoms with van der Waals surface area (Å²) in [5, 5.41) is 14.6. The second-order valence-corrected chi connectivity index (χ2v) is 9.03. The maximum Gasteiger partial charge on any atom is 0.173 e. The Hall–Kier alpha value is -2.94. The Labute approximate surface area is 190 Å². The van der Waals surface area contributed by atoms with Gasteiger partial charge >= 0.3 is 0 Å². The van der Waals surface area contributed by atoms with E-state index >= 15 is 0 Å². The predicted octanol–water partition coefficient (Wildman–Crippen LogP) is 3.83. The van der Waals surface area contributed by atoms with Gasteiger partial charge in [-0.2, -0.15) is 0 Å². The molecule has 0 N–H and O–H groups in total. The Morgan fingerprint density at radius 2 is 1.66 bits per heavy atom. The summed E-state index contributed by atoms with van der Waals surface area (Å²) in [4.78, 5) is 5.91. The topological polar surface area (TPSA) is 50.1 Å². The van der Waals surface area contributed by atoms with Crippen molar-refractivity contribution in [3.8, 4) is 0 Å². The molecule has 32 heavy (non-hydrogen) atoms. The van der Waals surface area contributed by atoms with E-state index in [2.05, 4.69) is 55.7 Å². The van der Waals surface area contributed by atoms with E-state index in [0.717, 1.165) is 32.7 Å². The number of tetrazole rings is 1.